The fourth-order valence-electron chi connectivity index (χ4n) is 6.39. The standard InChI is InChI=1S/C25H38N4OS/c1-17(2)18-7-9-19(10-8-18)22-20-5-3-4-6-21(20)25(11-13-27-14-12-25)23(30)29(22)16-15-28-24(26)31/h3-6,17-19,22,27H,7-16H2,1-2H3,(H3,26,28,31)/t18-,19+,22?. The second kappa shape index (κ2) is 9.45. The first kappa shape index (κ1) is 22.5. The molecule has 6 heteroatoms. The molecular weight excluding hydrogens is 404 g/mol. The van der Waals surface area contributed by atoms with Crippen molar-refractivity contribution in [2.24, 2.45) is 23.5 Å². The van der Waals surface area contributed by atoms with Crippen molar-refractivity contribution in [1.82, 2.24) is 15.5 Å². The average molecular weight is 443 g/mol. The van der Waals surface area contributed by atoms with E-state index in [4.69, 9.17) is 18.0 Å². The highest BCUT2D eigenvalue weighted by molar-refractivity contribution is 7.80. The van der Waals surface area contributed by atoms with Crippen molar-refractivity contribution in [3.8, 4) is 0 Å². The van der Waals surface area contributed by atoms with Gasteiger partial charge in [0.1, 0.15) is 0 Å². The zero-order valence-electron chi connectivity index (χ0n) is 19.0. The SMILES string of the molecule is CC(C)[C@H]1CC[C@@H](C2c3ccccc3C3(CCNCC3)C(=O)N2CCNC(N)=S)CC1. The van der Waals surface area contributed by atoms with Gasteiger partial charge in [-0.05, 0) is 92.7 Å². The van der Waals surface area contributed by atoms with Gasteiger partial charge in [0.2, 0.25) is 5.91 Å². The molecule has 1 saturated heterocycles. The molecule has 0 aromatic heterocycles. The Morgan fingerprint density at radius 2 is 1.90 bits per heavy atom. The first-order chi connectivity index (χ1) is 14.9. The van der Waals surface area contributed by atoms with Crippen LogP contribution in [0.4, 0.5) is 0 Å². The molecule has 0 bridgehead atoms. The van der Waals surface area contributed by atoms with Crippen molar-refractivity contribution in [3.05, 3.63) is 35.4 Å². The molecule has 1 aromatic carbocycles. The number of piperidine rings is 1. The predicted molar refractivity (Wildman–Crippen MR) is 130 cm³/mol. The first-order valence-corrected chi connectivity index (χ1v) is 12.5. The van der Waals surface area contributed by atoms with E-state index in [0.717, 1.165) is 37.8 Å². The van der Waals surface area contributed by atoms with E-state index in [-0.39, 0.29) is 6.04 Å². The van der Waals surface area contributed by atoms with Gasteiger partial charge in [0.15, 0.2) is 5.11 Å². The van der Waals surface area contributed by atoms with Crippen LogP contribution < -0.4 is 16.4 Å². The van der Waals surface area contributed by atoms with Gasteiger partial charge in [0.25, 0.3) is 0 Å². The molecule has 0 radical (unpaired) electrons. The normalized spacial score (nSPS) is 27.9. The Labute approximate surface area is 192 Å². The number of benzene rings is 1. The number of carbonyl (C=O) groups is 1. The van der Waals surface area contributed by atoms with Crippen LogP contribution in [0.15, 0.2) is 24.3 Å². The van der Waals surface area contributed by atoms with Crippen LogP contribution in [0.2, 0.25) is 0 Å². The number of thiocarbonyl (C=S) groups is 1. The van der Waals surface area contributed by atoms with Gasteiger partial charge in [-0.1, -0.05) is 38.1 Å². The average Bonchev–Trinajstić information content (AvgIpc) is 2.78. The summed E-state index contributed by atoms with van der Waals surface area (Å²) in [5.74, 6) is 2.38. The van der Waals surface area contributed by atoms with E-state index in [2.05, 4.69) is 53.6 Å². The maximum atomic E-state index is 14.2. The molecule has 1 atom stereocenters. The smallest absolute Gasteiger partial charge is 0.233 e. The molecule has 2 aliphatic heterocycles. The predicted octanol–water partition coefficient (Wildman–Crippen LogP) is 3.49. The van der Waals surface area contributed by atoms with Crippen LogP contribution in [-0.2, 0) is 10.2 Å². The van der Waals surface area contributed by atoms with Gasteiger partial charge in [-0.25, -0.2) is 0 Å². The third kappa shape index (κ3) is 4.34. The van der Waals surface area contributed by atoms with Crippen molar-refractivity contribution in [2.75, 3.05) is 26.2 Å². The quantitative estimate of drug-likeness (QED) is 0.609. The van der Waals surface area contributed by atoms with E-state index < -0.39 is 5.41 Å². The van der Waals surface area contributed by atoms with Gasteiger partial charge < -0.3 is 21.3 Å². The summed E-state index contributed by atoms with van der Waals surface area (Å²) in [6.45, 7) is 7.73. The summed E-state index contributed by atoms with van der Waals surface area (Å²) < 4.78 is 0. The Balaban J connectivity index is 1.69. The number of hydrogen-bond donors (Lipinski definition) is 3. The Bertz CT molecular complexity index is 796. The number of rotatable bonds is 5. The highest BCUT2D eigenvalue weighted by Gasteiger charge is 2.52. The fraction of sp³-hybridized carbons (Fsp3) is 0.680. The van der Waals surface area contributed by atoms with Crippen molar-refractivity contribution in [2.45, 2.75) is 63.8 Å². The molecule has 4 rings (SSSR count). The Hall–Kier alpha value is -1.66. The summed E-state index contributed by atoms with van der Waals surface area (Å²) in [6.07, 6.45) is 6.67. The summed E-state index contributed by atoms with van der Waals surface area (Å²) in [5, 5.41) is 6.83. The summed E-state index contributed by atoms with van der Waals surface area (Å²) in [4.78, 5) is 16.4. The van der Waals surface area contributed by atoms with Crippen molar-refractivity contribution in [3.63, 3.8) is 0 Å². The molecule has 1 aromatic rings. The number of nitrogens with zero attached hydrogens (tertiary/aromatic N) is 1. The monoisotopic (exact) mass is 442 g/mol. The Kier molecular flexibility index (Phi) is 6.87. The number of hydrogen-bond acceptors (Lipinski definition) is 3. The van der Waals surface area contributed by atoms with Gasteiger partial charge in [-0.2, -0.15) is 0 Å². The van der Waals surface area contributed by atoms with E-state index in [1.54, 1.807) is 0 Å². The van der Waals surface area contributed by atoms with Gasteiger partial charge >= 0.3 is 0 Å². The van der Waals surface area contributed by atoms with Crippen molar-refractivity contribution < 1.29 is 4.79 Å². The topological polar surface area (TPSA) is 70.4 Å². The van der Waals surface area contributed by atoms with Crippen LogP contribution in [0.3, 0.4) is 0 Å². The molecule has 1 saturated carbocycles. The first-order valence-electron chi connectivity index (χ1n) is 12.1. The molecule has 1 amide bonds. The van der Waals surface area contributed by atoms with Crippen LogP contribution >= 0.6 is 12.2 Å². The van der Waals surface area contributed by atoms with Crippen molar-refractivity contribution in [1.29, 1.82) is 0 Å². The molecule has 1 spiro atoms. The summed E-state index contributed by atoms with van der Waals surface area (Å²) in [7, 11) is 0. The molecule has 1 unspecified atom stereocenters. The number of nitrogens with two attached hydrogens (primary N) is 1. The molecule has 1 aliphatic carbocycles. The number of fused-ring (bicyclic) bond motifs is 2. The second-order valence-electron chi connectivity index (χ2n) is 10.1. The lowest BCUT2D eigenvalue weighted by Crippen LogP contribution is -2.59. The highest BCUT2D eigenvalue weighted by Crippen LogP contribution is 2.51. The van der Waals surface area contributed by atoms with Gasteiger partial charge in [0, 0.05) is 13.1 Å². The Morgan fingerprint density at radius 1 is 1.23 bits per heavy atom. The molecule has 4 N–H and O–H groups in total. The van der Waals surface area contributed by atoms with Crippen LogP contribution in [-0.4, -0.2) is 42.1 Å². The fourth-order valence-corrected chi connectivity index (χ4v) is 6.49. The summed E-state index contributed by atoms with van der Waals surface area (Å²) in [5.41, 5.74) is 7.96. The van der Waals surface area contributed by atoms with Gasteiger partial charge in [0.05, 0.1) is 11.5 Å². The lowest BCUT2D eigenvalue weighted by atomic mass is 9.64. The van der Waals surface area contributed by atoms with Crippen LogP contribution in [0.25, 0.3) is 0 Å². The molecule has 31 heavy (non-hydrogen) atoms. The number of amides is 1. The maximum Gasteiger partial charge on any atom is 0.233 e. The van der Waals surface area contributed by atoms with Gasteiger partial charge in [-0.3, -0.25) is 4.79 Å². The van der Waals surface area contributed by atoms with E-state index in [0.29, 0.717) is 30.0 Å². The van der Waals surface area contributed by atoms with E-state index in [1.165, 1.54) is 36.8 Å². The molecule has 3 aliphatic rings. The molecular formula is C25H38N4OS. The van der Waals surface area contributed by atoms with Crippen LogP contribution in [0, 0.1) is 17.8 Å². The van der Waals surface area contributed by atoms with E-state index in [9.17, 15) is 4.79 Å². The number of nitrogens with one attached hydrogen (secondary N) is 2. The Morgan fingerprint density at radius 3 is 2.55 bits per heavy atom. The molecule has 2 fully saturated rings. The molecule has 2 heterocycles. The minimum absolute atomic E-state index is 0.158. The summed E-state index contributed by atoms with van der Waals surface area (Å²) >= 11 is 5.02. The van der Waals surface area contributed by atoms with E-state index in [1.807, 2.05) is 0 Å². The third-order valence-electron chi connectivity index (χ3n) is 8.12. The van der Waals surface area contributed by atoms with Gasteiger partial charge in [-0.15, -0.1) is 0 Å². The largest absolute Gasteiger partial charge is 0.376 e. The highest BCUT2D eigenvalue weighted by atomic mass is 32.1. The summed E-state index contributed by atoms with van der Waals surface area (Å²) in [6, 6.07) is 8.95. The lowest BCUT2D eigenvalue weighted by Gasteiger charge is -2.52. The molecule has 5 nitrogen and oxygen atoms in total. The van der Waals surface area contributed by atoms with Crippen LogP contribution in [0.5, 0.6) is 0 Å². The minimum Gasteiger partial charge on any atom is -0.376 e. The second-order valence-corrected chi connectivity index (χ2v) is 10.5. The number of carbonyl (C=O) groups excluding carboxylic acids is 1. The van der Waals surface area contributed by atoms with Crippen molar-refractivity contribution >= 4 is 23.2 Å². The zero-order valence-corrected chi connectivity index (χ0v) is 19.8. The maximum absolute atomic E-state index is 14.2. The molecule has 170 valence electrons. The third-order valence-corrected chi connectivity index (χ3v) is 8.26. The van der Waals surface area contributed by atoms with Crippen LogP contribution in [0.1, 0.15) is 69.5 Å². The minimum atomic E-state index is -0.392. The van der Waals surface area contributed by atoms with E-state index >= 15 is 0 Å². The lowest BCUT2D eigenvalue weighted by molar-refractivity contribution is -0.145. The zero-order chi connectivity index (χ0) is 22.0.